The highest BCUT2D eigenvalue weighted by atomic mass is 32.2. The second-order valence-corrected chi connectivity index (χ2v) is 10.3. The summed E-state index contributed by atoms with van der Waals surface area (Å²) < 4.78 is 138. The van der Waals surface area contributed by atoms with Gasteiger partial charge >= 0.3 is 30.1 Å². The Bertz CT molecular complexity index is 1400. The first-order valence-electron chi connectivity index (χ1n) is 12.5. The van der Waals surface area contributed by atoms with Crippen molar-refractivity contribution in [3.05, 3.63) is 60.7 Å². The molecule has 0 saturated heterocycles. The molecule has 0 bridgehead atoms. The number of ether oxygens (including phenoxy) is 2. The highest BCUT2D eigenvalue weighted by molar-refractivity contribution is 7.99. The molecule has 0 N–H and O–H groups in total. The zero-order chi connectivity index (χ0) is 31.3. The summed E-state index contributed by atoms with van der Waals surface area (Å²) in [6, 6.07) is 9.38. The Morgan fingerprint density at radius 3 is 2.31 bits per heavy atom. The number of thioether (sulfide) groups is 1. The summed E-state index contributed by atoms with van der Waals surface area (Å²) in [5.74, 6) is -20.3. The van der Waals surface area contributed by atoms with Crippen molar-refractivity contribution in [1.29, 1.82) is 0 Å². The number of aryl methyl sites for hydroxylation is 1. The molecular weight excluding hydrogens is 603 g/mol. The molecule has 0 radical (unpaired) electrons. The number of hydrogen-bond acceptors (Lipinski definition) is 5. The Morgan fingerprint density at radius 2 is 1.67 bits per heavy atom. The topological polar surface area (TPSA) is 48.7 Å². The molecule has 42 heavy (non-hydrogen) atoms. The smallest absolute Gasteiger partial charge is 0.456 e. The molecule has 230 valence electrons. The number of esters is 1. The molecule has 0 spiro atoms. The van der Waals surface area contributed by atoms with Crippen LogP contribution in [0.1, 0.15) is 31.7 Å². The fourth-order valence-electron chi connectivity index (χ4n) is 3.79. The molecule has 4 nitrogen and oxygen atoms in total. The average molecular weight is 629 g/mol. The van der Waals surface area contributed by atoms with Crippen LogP contribution in [0, 0.1) is 0 Å². The van der Waals surface area contributed by atoms with Gasteiger partial charge in [-0.25, -0.2) is 4.79 Å². The summed E-state index contributed by atoms with van der Waals surface area (Å²) in [6.07, 6.45) is -1.49. The SMILES string of the molecule is C=CC(=O)OCC(F)(F)C(F)(F)C(F)(F)CSc1ccc2cc(-c3ccc(CCCCC)cc3OC(F)(F)F)oc2c1. The maximum atomic E-state index is 14.3. The van der Waals surface area contributed by atoms with Crippen LogP contribution in [0.15, 0.2) is 64.4 Å². The van der Waals surface area contributed by atoms with E-state index in [1.54, 1.807) is 6.07 Å². The molecule has 0 aliphatic carbocycles. The molecule has 0 fully saturated rings. The molecular formula is C28H25F9O4S. The number of carbonyl (C=O) groups excluding carboxylic acids is 1. The van der Waals surface area contributed by atoms with Gasteiger partial charge in [0, 0.05) is 16.4 Å². The Labute approximate surface area is 238 Å². The first-order valence-corrected chi connectivity index (χ1v) is 13.5. The molecule has 0 atom stereocenters. The predicted molar refractivity (Wildman–Crippen MR) is 138 cm³/mol. The number of halogens is 9. The molecule has 0 unspecified atom stereocenters. The van der Waals surface area contributed by atoms with Gasteiger partial charge in [-0.05, 0) is 54.8 Å². The van der Waals surface area contributed by atoms with Gasteiger partial charge in [0.05, 0.1) is 11.3 Å². The van der Waals surface area contributed by atoms with Crippen LogP contribution in [0.5, 0.6) is 5.75 Å². The van der Waals surface area contributed by atoms with Crippen molar-refractivity contribution in [2.45, 2.75) is 61.6 Å². The molecule has 3 aromatic rings. The zero-order valence-corrected chi connectivity index (χ0v) is 22.8. The van der Waals surface area contributed by atoms with Gasteiger partial charge in [-0.3, -0.25) is 0 Å². The minimum absolute atomic E-state index is 0.0109. The normalized spacial score (nSPS) is 12.9. The molecule has 0 aliphatic heterocycles. The van der Waals surface area contributed by atoms with Crippen LogP contribution in [0.2, 0.25) is 0 Å². The fourth-order valence-corrected chi connectivity index (χ4v) is 4.68. The molecule has 2 aromatic carbocycles. The number of hydrogen-bond donors (Lipinski definition) is 0. The summed E-state index contributed by atoms with van der Waals surface area (Å²) in [5, 5.41) is 0.340. The van der Waals surface area contributed by atoms with E-state index < -0.39 is 48.2 Å². The number of unbranched alkanes of at least 4 members (excludes halogenated alkanes) is 2. The first-order chi connectivity index (χ1) is 19.5. The monoisotopic (exact) mass is 628 g/mol. The molecule has 14 heteroatoms. The van der Waals surface area contributed by atoms with Crippen LogP contribution in [-0.4, -0.2) is 42.5 Å². The Hall–Kier alpha value is -3.29. The van der Waals surface area contributed by atoms with Gasteiger partial charge in [-0.15, -0.1) is 24.9 Å². The van der Waals surface area contributed by atoms with Crippen molar-refractivity contribution >= 4 is 28.7 Å². The van der Waals surface area contributed by atoms with Crippen LogP contribution in [-0.2, 0) is 16.0 Å². The van der Waals surface area contributed by atoms with Crippen molar-refractivity contribution in [3.63, 3.8) is 0 Å². The highest BCUT2D eigenvalue weighted by Crippen LogP contribution is 2.48. The van der Waals surface area contributed by atoms with Gasteiger partial charge in [0.2, 0.25) is 0 Å². The second-order valence-electron chi connectivity index (χ2n) is 9.23. The number of alkyl halides is 9. The van der Waals surface area contributed by atoms with Crippen molar-refractivity contribution in [2.24, 2.45) is 0 Å². The van der Waals surface area contributed by atoms with Gasteiger partial charge < -0.3 is 13.9 Å². The maximum Gasteiger partial charge on any atom is 0.573 e. The first kappa shape index (κ1) is 33.2. The third kappa shape index (κ3) is 7.96. The zero-order valence-electron chi connectivity index (χ0n) is 22.0. The summed E-state index contributed by atoms with van der Waals surface area (Å²) in [7, 11) is 0. The third-order valence-electron chi connectivity index (χ3n) is 6.00. The van der Waals surface area contributed by atoms with Crippen molar-refractivity contribution in [3.8, 4) is 17.1 Å². The summed E-state index contributed by atoms with van der Waals surface area (Å²) in [4.78, 5) is 10.8. The molecule has 0 saturated carbocycles. The average Bonchev–Trinajstić information content (AvgIpc) is 3.33. The van der Waals surface area contributed by atoms with E-state index in [1.165, 1.54) is 30.3 Å². The third-order valence-corrected chi connectivity index (χ3v) is 7.09. The van der Waals surface area contributed by atoms with Crippen LogP contribution in [0.4, 0.5) is 39.5 Å². The predicted octanol–water partition coefficient (Wildman–Crippen LogP) is 9.46. The van der Waals surface area contributed by atoms with E-state index in [4.69, 9.17) is 4.42 Å². The van der Waals surface area contributed by atoms with Crippen LogP contribution in [0.3, 0.4) is 0 Å². The summed E-state index contributed by atoms with van der Waals surface area (Å²) in [5.41, 5.74) is 0.586. The molecule has 3 rings (SSSR count). The van der Waals surface area contributed by atoms with Gasteiger partial charge in [0.15, 0.2) is 6.61 Å². The highest BCUT2D eigenvalue weighted by Gasteiger charge is 2.71. The van der Waals surface area contributed by atoms with E-state index in [0.29, 0.717) is 23.4 Å². The van der Waals surface area contributed by atoms with E-state index in [-0.39, 0.29) is 33.6 Å². The minimum atomic E-state index is -5.88. The number of fused-ring (bicyclic) bond motifs is 1. The van der Waals surface area contributed by atoms with E-state index in [0.717, 1.165) is 25.3 Å². The fraction of sp³-hybridized carbons (Fsp3) is 0.393. The Kier molecular flexibility index (Phi) is 10.2. The molecule has 0 amide bonds. The van der Waals surface area contributed by atoms with Gasteiger partial charge in [-0.1, -0.05) is 32.4 Å². The lowest BCUT2D eigenvalue weighted by molar-refractivity contribution is -0.309. The number of furan rings is 1. The standard InChI is InChI=1S/C28H25F9O4S/c1-3-5-6-7-17-8-11-20(23(12-17)41-28(35,36)37)22-13-18-9-10-19(14-21(18)40-22)42-16-26(31,32)27(33,34)25(29,30)15-39-24(38)4-2/h4,8-14H,2-3,5-7,15-16H2,1H3. The minimum Gasteiger partial charge on any atom is -0.456 e. The van der Waals surface area contributed by atoms with Crippen molar-refractivity contribution in [1.82, 2.24) is 0 Å². The van der Waals surface area contributed by atoms with Crippen LogP contribution >= 0.6 is 11.8 Å². The molecule has 0 aliphatic rings. The number of carbonyl (C=O) groups is 1. The van der Waals surface area contributed by atoms with E-state index in [9.17, 15) is 44.3 Å². The van der Waals surface area contributed by atoms with Crippen molar-refractivity contribution < 1.29 is 58.2 Å². The lowest BCUT2D eigenvalue weighted by Crippen LogP contribution is -2.57. The largest absolute Gasteiger partial charge is 0.573 e. The van der Waals surface area contributed by atoms with Crippen LogP contribution in [0.25, 0.3) is 22.3 Å². The quantitative estimate of drug-likeness (QED) is 0.0585. The summed E-state index contributed by atoms with van der Waals surface area (Å²) >= 11 is 0.121. The number of rotatable bonds is 14. The van der Waals surface area contributed by atoms with Gasteiger partial charge in [-0.2, -0.15) is 26.3 Å². The van der Waals surface area contributed by atoms with Crippen molar-refractivity contribution in [2.75, 3.05) is 12.4 Å². The lowest BCUT2D eigenvalue weighted by atomic mass is 10.0. The Balaban J connectivity index is 1.82. The summed E-state index contributed by atoms with van der Waals surface area (Å²) in [6.45, 7) is 2.59. The van der Waals surface area contributed by atoms with E-state index in [2.05, 4.69) is 16.1 Å². The molecule has 1 heterocycles. The van der Waals surface area contributed by atoms with Gasteiger partial charge in [0.1, 0.15) is 17.1 Å². The van der Waals surface area contributed by atoms with Crippen LogP contribution < -0.4 is 4.74 Å². The number of benzene rings is 2. The second kappa shape index (κ2) is 12.9. The maximum absolute atomic E-state index is 14.3. The lowest BCUT2D eigenvalue weighted by Gasteiger charge is -2.32. The van der Waals surface area contributed by atoms with E-state index in [1.807, 2.05) is 6.92 Å². The Morgan fingerprint density at radius 1 is 0.952 bits per heavy atom. The van der Waals surface area contributed by atoms with Gasteiger partial charge in [0.25, 0.3) is 0 Å². The van der Waals surface area contributed by atoms with E-state index >= 15 is 0 Å². The molecule has 1 aromatic heterocycles.